The Bertz CT molecular complexity index is 347. The molecule has 0 aromatic rings. The molecule has 1 heterocycles. The molecule has 1 saturated heterocycles. The molecule has 1 rings (SSSR count). The van der Waals surface area contributed by atoms with Gasteiger partial charge in [-0.25, -0.2) is 0 Å². The van der Waals surface area contributed by atoms with Crippen molar-refractivity contribution in [2.45, 2.75) is 78.4 Å². The van der Waals surface area contributed by atoms with Crippen molar-refractivity contribution in [1.82, 2.24) is 10.2 Å². The molecule has 0 saturated carbocycles. The fourth-order valence-corrected chi connectivity index (χ4v) is 3.71. The highest BCUT2D eigenvalue weighted by Gasteiger charge is 2.37. The molecule has 21 heavy (non-hydrogen) atoms. The molecule has 0 aromatic heterocycles. The van der Waals surface area contributed by atoms with E-state index < -0.39 is 5.54 Å². The van der Waals surface area contributed by atoms with Gasteiger partial charge in [0.05, 0.1) is 5.54 Å². The van der Waals surface area contributed by atoms with Crippen molar-refractivity contribution in [3.05, 3.63) is 0 Å². The number of carbonyl (C=O) groups excluding carboxylic acids is 1. The highest BCUT2D eigenvalue weighted by molar-refractivity contribution is 5.84. The molecule has 4 heteroatoms. The summed E-state index contributed by atoms with van der Waals surface area (Å²) < 4.78 is 0. The molecular formula is C17H35N3O. The second kappa shape index (κ2) is 7.59. The van der Waals surface area contributed by atoms with Crippen molar-refractivity contribution >= 4 is 5.91 Å². The van der Waals surface area contributed by atoms with Crippen LogP contribution in [0.5, 0.6) is 0 Å². The fourth-order valence-electron chi connectivity index (χ4n) is 3.71. The number of likely N-dealkylation sites (tertiary alicyclic amines) is 1. The second-order valence-electron chi connectivity index (χ2n) is 7.43. The summed E-state index contributed by atoms with van der Waals surface area (Å²) in [6, 6.07) is 0.923. The van der Waals surface area contributed by atoms with Gasteiger partial charge in [0, 0.05) is 18.6 Å². The van der Waals surface area contributed by atoms with Crippen molar-refractivity contribution in [2.24, 2.45) is 17.6 Å². The number of nitrogens with zero attached hydrogens (tertiary/aromatic N) is 1. The molecule has 4 nitrogen and oxygen atoms in total. The SMILES string of the molecule is CCCNC(C)(CC(C)N1CC(C)CC(C)C1C)C(N)=O. The minimum absolute atomic E-state index is 0.242. The van der Waals surface area contributed by atoms with Crippen molar-refractivity contribution in [1.29, 1.82) is 0 Å². The topological polar surface area (TPSA) is 58.4 Å². The number of piperidine rings is 1. The maximum absolute atomic E-state index is 11.9. The van der Waals surface area contributed by atoms with Gasteiger partial charge in [-0.1, -0.05) is 20.8 Å². The van der Waals surface area contributed by atoms with Gasteiger partial charge >= 0.3 is 0 Å². The van der Waals surface area contributed by atoms with Gasteiger partial charge in [-0.05, 0) is 58.4 Å². The minimum Gasteiger partial charge on any atom is -0.368 e. The number of nitrogens with two attached hydrogens (primary N) is 1. The monoisotopic (exact) mass is 297 g/mol. The van der Waals surface area contributed by atoms with Crippen LogP contribution in [0.2, 0.25) is 0 Å². The molecule has 1 aliphatic rings. The number of hydrogen-bond acceptors (Lipinski definition) is 3. The summed E-state index contributed by atoms with van der Waals surface area (Å²) in [4.78, 5) is 14.5. The van der Waals surface area contributed by atoms with Crippen LogP contribution in [-0.2, 0) is 4.79 Å². The molecule has 0 spiro atoms. The third kappa shape index (κ3) is 4.68. The molecule has 0 aliphatic carbocycles. The fraction of sp³-hybridized carbons (Fsp3) is 0.941. The van der Waals surface area contributed by atoms with E-state index in [9.17, 15) is 4.79 Å². The molecule has 1 fully saturated rings. The third-order valence-electron chi connectivity index (χ3n) is 5.22. The van der Waals surface area contributed by atoms with E-state index in [2.05, 4.69) is 44.8 Å². The predicted molar refractivity (Wildman–Crippen MR) is 89.1 cm³/mol. The molecule has 0 aromatic carbocycles. The summed E-state index contributed by atoms with van der Waals surface area (Å²) in [5, 5.41) is 3.35. The van der Waals surface area contributed by atoms with E-state index in [0.717, 1.165) is 31.8 Å². The number of rotatable bonds is 7. The van der Waals surface area contributed by atoms with Crippen molar-refractivity contribution in [3.8, 4) is 0 Å². The van der Waals surface area contributed by atoms with Crippen LogP contribution < -0.4 is 11.1 Å². The van der Waals surface area contributed by atoms with Crippen LogP contribution in [0.4, 0.5) is 0 Å². The number of hydrogen-bond donors (Lipinski definition) is 2. The summed E-state index contributed by atoms with van der Waals surface area (Å²) in [5.74, 6) is 1.19. The smallest absolute Gasteiger partial charge is 0.237 e. The van der Waals surface area contributed by atoms with Gasteiger partial charge in [-0.2, -0.15) is 0 Å². The number of primary amides is 1. The van der Waals surface area contributed by atoms with E-state index in [1.807, 2.05) is 6.92 Å². The second-order valence-corrected chi connectivity index (χ2v) is 7.43. The summed E-state index contributed by atoms with van der Waals surface area (Å²) >= 11 is 0. The van der Waals surface area contributed by atoms with Gasteiger partial charge in [0.25, 0.3) is 0 Å². The number of carbonyl (C=O) groups is 1. The lowest BCUT2D eigenvalue weighted by Crippen LogP contribution is -2.58. The van der Waals surface area contributed by atoms with Crippen LogP contribution in [0.25, 0.3) is 0 Å². The van der Waals surface area contributed by atoms with Crippen LogP contribution in [0.1, 0.15) is 60.8 Å². The number of amides is 1. The lowest BCUT2D eigenvalue weighted by atomic mass is 9.83. The van der Waals surface area contributed by atoms with Crippen molar-refractivity contribution < 1.29 is 4.79 Å². The maximum Gasteiger partial charge on any atom is 0.237 e. The Morgan fingerprint density at radius 3 is 2.57 bits per heavy atom. The lowest BCUT2D eigenvalue weighted by molar-refractivity contribution is -0.125. The molecule has 0 radical (unpaired) electrons. The first-order valence-corrected chi connectivity index (χ1v) is 8.52. The van der Waals surface area contributed by atoms with E-state index in [-0.39, 0.29) is 5.91 Å². The van der Waals surface area contributed by atoms with Crippen LogP contribution in [0.15, 0.2) is 0 Å². The Kier molecular flexibility index (Phi) is 6.67. The molecule has 124 valence electrons. The largest absolute Gasteiger partial charge is 0.368 e. The van der Waals surface area contributed by atoms with Gasteiger partial charge in [0.15, 0.2) is 0 Å². The van der Waals surface area contributed by atoms with Crippen LogP contribution in [-0.4, -0.2) is 41.5 Å². The highest BCUT2D eigenvalue weighted by atomic mass is 16.1. The first-order valence-electron chi connectivity index (χ1n) is 8.52. The van der Waals surface area contributed by atoms with Crippen LogP contribution in [0.3, 0.4) is 0 Å². The zero-order valence-electron chi connectivity index (χ0n) is 14.8. The van der Waals surface area contributed by atoms with Gasteiger partial charge in [-0.15, -0.1) is 0 Å². The van der Waals surface area contributed by atoms with Gasteiger partial charge < -0.3 is 11.1 Å². The Morgan fingerprint density at radius 2 is 2.05 bits per heavy atom. The molecule has 0 bridgehead atoms. The van der Waals surface area contributed by atoms with E-state index in [0.29, 0.717) is 18.0 Å². The first kappa shape index (κ1) is 18.4. The molecular weight excluding hydrogens is 262 g/mol. The maximum atomic E-state index is 11.9. The Labute approximate surface area is 130 Å². The quantitative estimate of drug-likeness (QED) is 0.758. The van der Waals surface area contributed by atoms with Crippen molar-refractivity contribution in [2.75, 3.05) is 13.1 Å². The molecule has 5 unspecified atom stereocenters. The standard InChI is InChI=1S/C17H35N3O/c1-7-8-19-17(6,16(18)21)10-14(4)20-11-12(2)9-13(3)15(20)5/h12-15,19H,7-11H2,1-6H3,(H2,18,21). The highest BCUT2D eigenvalue weighted by Crippen LogP contribution is 2.30. The molecule has 1 aliphatic heterocycles. The first-order chi connectivity index (χ1) is 9.71. The minimum atomic E-state index is -0.612. The number of nitrogens with one attached hydrogen (secondary N) is 1. The van der Waals surface area contributed by atoms with Gasteiger partial charge in [0.2, 0.25) is 5.91 Å². The van der Waals surface area contributed by atoms with Crippen molar-refractivity contribution in [3.63, 3.8) is 0 Å². The zero-order chi connectivity index (χ0) is 16.2. The normalized spacial score (nSPS) is 31.6. The molecule has 3 N–H and O–H groups in total. The van der Waals surface area contributed by atoms with Crippen LogP contribution in [0, 0.1) is 11.8 Å². The van der Waals surface area contributed by atoms with Crippen LogP contribution >= 0.6 is 0 Å². The molecule has 5 atom stereocenters. The van der Waals surface area contributed by atoms with E-state index in [4.69, 9.17) is 5.73 Å². The average Bonchev–Trinajstić information content (AvgIpc) is 2.40. The summed E-state index contributed by atoms with van der Waals surface area (Å²) in [6.45, 7) is 15.2. The predicted octanol–water partition coefficient (Wildman–Crippen LogP) is 2.37. The average molecular weight is 297 g/mol. The summed E-state index contributed by atoms with van der Waals surface area (Å²) in [5.41, 5.74) is 5.05. The summed E-state index contributed by atoms with van der Waals surface area (Å²) in [7, 11) is 0. The third-order valence-corrected chi connectivity index (χ3v) is 5.22. The Balaban J connectivity index is 2.76. The van der Waals surface area contributed by atoms with Gasteiger partial charge in [-0.3, -0.25) is 9.69 Å². The van der Waals surface area contributed by atoms with E-state index in [1.54, 1.807) is 0 Å². The van der Waals surface area contributed by atoms with E-state index in [1.165, 1.54) is 6.42 Å². The van der Waals surface area contributed by atoms with E-state index >= 15 is 0 Å². The molecule has 1 amide bonds. The lowest BCUT2D eigenvalue weighted by Gasteiger charge is -2.46. The summed E-state index contributed by atoms with van der Waals surface area (Å²) in [6.07, 6.45) is 3.07. The van der Waals surface area contributed by atoms with Gasteiger partial charge in [0.1, 0.15) is 0 Å². The zero-order valence-corrected chi connectivity index (χ0v) is 14.8. The Morgan fingerprint density at radius 1 is 1.43 bits per heavy atom. The Hall–Kier alpha value is -0.610.